The van der Waals surface area contributed by atoms with Crippen LogP contribution in [0.4, 0.5) is 5.69 Å². The van der Waals surface area contributed by atoms with E-state index in [9.17, 15) is 4.79 Å². The number of aryl methyl sites for hydroxylation is 1. The molecular weight excluding hydrogens is 479 g/mol. The van der Waals surface area contributed by atoms with Crippen molar-refractivity contribution in [3.8, 4) is 0 Å². The molecule has 2 aliphatic carbocycles. The van der Waals surface area contributed by atoms with Crippen LogP contribution >= 0.6 is 24.0 Å². The van der Waals surface area contributed by atoms with Gasteiger partial charge in [-0.3, -0.25) is 4.98 Å². The molecule has 29 heavy (non-hydrogen) atoms. The van der Waals surface area contributed by atoms with Crippen molar-refractivity contribution >= 4 is 41.6 Å². The minimum atomic E-state index is -0.334. The molecule has 0 saturated heterocycles. The summed E-state index contributed by atoms with van der Waals surface area (Å²) in [6, 6.07) is 9.92. The normalized spacial score (nSPS) is 15.8. The van der Waals surface area contributed by atoms with E-state index in [2.05, 4.69) is 33.5 Å². The molecule has 1 aromatic carbocycles. The first kappa shape index (κ1) is 21.5. The number of anilines is 1. The van der Waals surface area contributed by atoms with Crippen molar-refractivity contribution in [2.24, 2.45) is 10.7 Å². The van der Waals surface area contributed by atoms with Gasteiger partial charge in [0, 0.05) is 11.6 Å². The van der Waals surface area contributed by atoms with Crippen LogP contribution in [0.15, 0.2) is 35.3 Å². The van der Waals surface area contributed by atoms with Gasteiger partial charge >= 0.3 is 5.97 Å². The second-order valence-electron chi connectivity index (χ2n) is 7.48. The smallest absolute Gasteiger partial charge is 0.339 e. The van der Waals surface area contributed by atoms with Crippen molar-refractivity contribution in [3.63, 3.8) is 0 Å². The number of ether oxygens (including phenoxy) is 1. The molecule has 1 heterocycles. The number of hydrogen-bond acceptors (Lipinski definition) is 4. The lowest BCUT2D eigenvalue weighted by Gasteiger charge is -2.19. The Morgan fingerprint density at radius 3 is 2.79 bits per heavy atom. The van der Waals surface area contributed by atoms with Crippen molar-refractivity contribution in [2.45, 2.75) is 51.0 Å². The Labute approximate surface area is 188 Å². The van der Waals surface area contributed by atoms with E-state index in [0.29, 0.717) is 24.0 Å². The summed E-state index contributed by atoms with van der Waals surface area (Å²) in [5.41, 5.74) is 12.1. The molecule has 0 amide bonds. The number of nitrogens with two attached hydrogens (primary N) is 1. The van der Waals surface area contributed by atoms with Crippen LogP contribution in [0.1, 0.15) is 64.5 Å². The predicted octanol–water partition coefficient (Wildman–Crippen LogP) is 4.17. The topological polar surface area (TPSA) is 89.6 Å². The number of aromatic nitrogens is 1. The molecule has 2 aliphatic rings. The summed E-state index contributed by atoms with van der Waals surface area (Å²) in [6.45, 7) is 0.370. The van der Waals surface area contributed by atoms with Crippen molar-refractivity contribution in [2.75, 3.05) is 12.4 Å². The number of rotatable bonds is 5. The highest BCUT2D eigenvalue weighted by atomic mass is 127. The zero-order valence-corrected chi connectivity index (χ0v) is 18.9. The van der Waals surface area contributed by atoms with Gasteiger partial charge < -0.3 is 15.8 Å². The minimum Gasteiger partial charge on any atom is -0.465 e. The molecule has 0 atom stereocenters. The first-order chi connectivity index (χ1) is 13.7. The predicted molar refractivity (Wildman–Crippen MR) is 125 cm³/mol. The summed E-state index contributed by atoms with van der Waals surface area (Å²) in [4.78, 5) is 21.1. The molecule has 6 nitrogen and oxygen atoms in total. The largest absolute Gasteiger partial charge is 0.465 e. The molecule has 1 saturated carbocycles. The van der Waals surface area contributed by atoms with Crippen LogP contribution in [0.3, 0.4) is 0 Å². The standard InChI is InChI=1S/C22H26N4O2.HI/c1-28-21(27)18-12-11-16(25-20(18)15-9-10-15)13-24-22(23)26-19-8-4-6-14-5-2-3-7-17(14)19;/h4,6,8,11-12,15H,2-3,5,7,9-10,13H2,1H3,(H3,23,24,26);1H. The van der Waals surface area contributed by atoms with E-state index in [0.717, 1.165) is 42.8 Å². The molecule has 1 aromatic heterocycles. The third-order valence-corrected chi connectivity index (χ3v) is 5.42. The lowest BCUT2D eigenvalue weighted by Crippen LogP contribution is -2.24. The first-order valence-corrected chi connectivity index (χ1v) is 9.91. The molecule has 3 N–H and O–H groups in total. The Morgan fingerprint density at radius 1 is 1.24 bits per heavy atom. The van der Waals surface area contributed by atoms with Crippen LogP contribution in [0.2, 0.25) is 0 Å². The molecule has 2 aromatic rings. The van der Waals surface area contributed by atoms with Gasteiger partial charge in [0.15, 0.2) is 5.96 Å². The summed E-state index contributed by atoms with van der Waals surface area (Å²) in [6.07, 6.45) is 6.79. The lowest BCUT2D eigenvalue weighted by atomic mass is 9.90. The number of methoxy groups -OCH3 is 1. The van der Waals surface area contributed by atoms with Crippen LogP contribution in [0, 0.1) is 0 Å². The van der Waals surface area contributed by atoms with Crippen molar-refractivity contribution in [3.05, 3.63) is 58.4 Å². The van der Waals surface area contributed by atoms with Gasteiger partial charge in [-0.2, -0.15) is 0 Å². The number of carbonyl (C=O) groups excluding carboxylic acids is 1. The fourth-order valence-electron chi connectivity index (χ4n) is 3.80. The molecule has 0 spiro atoms. The third-order valence-electron chi connectivity index (χ3n) is 5.42. The van der Waals surface area contributed by atoms with Crippen LogP contribution in [0.25, 0.3) is 0 Å². The van der Waals surface area contributed by atoms with E-state index in [1.807, 2.05) is 6.07 Å². The number of benzene rings is 1. The van der Waals surface area contributed by atoms with Gasteiger partial charge in [-0.05, 0) is 67.9 Å². The number of hydrogen-bond donors (Lipinski definition) is 2. The molecule has 4 rings (SSSR count). The number of nitrogens with zero attached hydrogens (tertiary/aromatic N) is 2. The fraction of sp³-hybridized carbons (Fsp3) is 0.409. The summed E-state index contributed by atoms with van der Waals surface area (Å²) in [7, 11) is 1.39. The van der Waals surface area contributed by atoms with Crippen LogP contribution in [-0.2, 0) is 24.1 Å². The molecule has 154 valence electrons. The van der Waals surface area contributed by atoms with E-state index in [1.165, 1.54) is 31.1 Å². The summed E-state index contributed by atoms with van der Waals surface area (Å²) < 4.78 is 4.87. The summed E-state index contributed by atoms with van der Waals surface area (Å²) in [5, 5.41) is 3.25. The highest BCUT2D eigenvalue weighted by molar-refractivity contribution is 14.0. The zero-order valence-electron chi connectivity index (χ0n) is 16.6. The number of halogens is 1. The molecular formula is C22H27IN4O2. The Bertz CT molecular complexity index is 925. The number of aliphatic imine (C=N–C) groups is 1. The van der Waals surface area contributed by atoms with Gasteiger partial charge in [-0.1, -0.05) is 12.1 Å². The van der Waals surface area contributed by atoms with Crippen LogP contribution < -0.4 is 11.1 Å². The van der Waals surface area contributed by atoms with Gasteiger partial charge in [0.05, 0.1) is 30.6 Å². The highest BCUT2D eigenvalue weighted by Gasteiger charge is 2.30. The molecule has 7 heteroatoms. The molecule has 1 fully saturated rings. The Kier molecular flexibility index (Phi) is 7.10. The zero-order chi connectivity index (χ0) is 19.5. The van der Waals surface area contributed by atoms with Crippen molar-refractivity contribution in [1.82, 2.24) is 4.98 Å². The third kappa shape index (κ3) is 5.07. The first-order valence-electron chi connectivity index (χ1n) is 9.91. The second kappa shape index (κ2) is 9.56. The van der Waals surface area contributed by atoms with E-state index < -0.39 is 0 Å². The number of carbonyl (C=O) groups is 1. The Morgan fingerprint density at radius 2 is 2.03 bits per heavy atom. The van der Waals surface area contributed by atoms with Gasteiger partial charge in [0.2, 0.25) is 0 Å². The summed E-state index contributed by atoms with van der Waals surface area (Å²) in [5.74, 6) is 0.398. The van der Waals surface area contributed by atoms with E-state index in [1.54, 1.807) is 6.07 Å². The number of fused-ring (bicyclic) bond motifs is 1. The average Bonchev–Trinajstić information content (AvgIpc) is 3.57. The quantitative estimate of drug-likeness (QED) is 0.275. The molecule has 0 radical (unpaired) electrons. The van der Waals surface area contributed by atoms with Crippen molar-refractivity contribution < 1.29 is 9.53 Å². The van der Waals surface area contributed by atoms with Crippen LogP contribution in [-0.4, -0.2) is 24.0 Å². The monoisotopic (exact) mass is 506 g/mol. The van der Waals surface area contributed by atoms with Gasteiger partial charge in [-0.15, -0.1) is 24.0 Å². The van der Waals surface area contributed by atoms with Gasteiger partial charge in [0.25, 0.3) is 0 Å². The van der Waals surface area contributed by atoms with Crippen LogP contribution in [0.5, 0.6) is 0 Å². The van der Waals surface area contributed by atoms with Gasteiger partial charge in [-0.25, -0.2) is 9.79 Å². The average molecular weight is 506 g/mol. The van der Waals surface area contributed by atoms with E-state index >= 15 is 0 Å². The fourth-order valence-corrected chi connectivity index (χ4v) is 3.80. The Hall–Kier alpha value is -2.16. The van der Waals surface area contributed by atoms with Crippen molar-refractivity contribution in [1.29, 1.82) is 0 Å². The van der Waals surface area contributed by atoms with E-state index in [4.69, 9.17) is 10.5 Å². The molecule has 0 aliphatic heterocycles. The van der Waals surface area contributed by atoms with Gasteiger partial charge in [0.1, 0.15) is 0 Å². The molecule has 0 unspecified atom stereocenters. The summed E-state index contributed by atoms with van der Waals surface area (Å²) >= 11 is 0. The highest BCUT2D eigenvalue weighted by Crippen LogP contribution is 2.40. The number of pyridine rings is 1. The number of guanidine groups is 1. The Balaban J connectivity index is 0.00000240. The number of nitrogens with one attached hydrogen (secondary N) is 1. The maximum Gasteiger partial charge on any atom is 0.339 e. The minimum absolute atomic E-state index is 0. The maximum absolute atomic E-state index is 11.9. The molecule has 0 bridgehead atoms. The SMILES string of the molecule is COC(=O)c1ccc(CN=C(N)Nc2cccc3c2CCCC3)nc1C1CC1.I. The number of esters is 1. The second-order valence-corrected chi connectivity index (χ2v) is 7.48. The maximum atomic E-state index is 11.9. The lowest BCUT2D eigenvalue weighted by molar-refractivity contribution is 0.0598. The van der Waals surface area contributed by atoms with E-state index in [-0.39, 0.29) is 29.9 Å².